The number of morpholine rings is 1. The van der Waals surface area contributed by atoms with E-state index in [4.69, 9.17) is 9.47 Å². The van der Waals surface area contributed by atoms with E-state index in [0.29, 0.717) is 63.4 Å². The van der Waals surface area contributed by atoms with Crippen LogP contribution in [0.4, 0.5) is 5.69 Å². The maximum absolute atomic E-state index is 12.1. The monoisotopic (exact) mass is 392 g/mol. The van der Waals surface area contributed by atoms with Crippen molar-refractivity contribution in [1.82, 2.24) is 4.90 Å². The van der Waals surface area contributed by atoms with Crippen molar-refractivity contribution in [2.75, 3.05) is 38.2 Å². The number of ether oxygens (including phenoxy) is 2. The minimum Gasteiger partial charge on any atom is -0.508 e. The van der Waals surface area contributed by atoms with Gasteiger partial charge in [0.05, 0.1) is 19.8 Å². The normalized spacial score (nSPS) is 13.8. The van der Waals surface area contributed by atoms with Gasteiger partial charge in [-0.25, -0.2) is 0 Å². The molecular formula is C20H28N2O6. The molecular weight excluding hydrogens is 364 g/mol. The van der Waals surface area contributed by atoms with E-state index in [0.717, 1.165) is 0 Å². The second kappa shape index (κ2) is 11.3. The largest absolute Gasteiger partial charge is 0.508 e. The molecule has 1 saturated heterocycles. The Kier molecular flexibility index (Phi) is 8.74. The highest BCUT2D eigenvalue weighted by molar-refractivity contribution is 5.91. The molecule has 154 valence electrons. The van der Waals surface area contributed by atoms with E-state index in [2.05, 4.69) is 5.32 Å². The number of anilines is 1. The molecule has 0 aromatic heterocycles. The highest BCUT2D eigenvalue weighted by Crippen LogP contribution is 2.23. The lowest BCUT2D eigenvalue weighted by atomic mass is 10.1. The maximum Gasteiger partial charge on any atom is 0.306 e. The number of carbonyl (C=O) groups excluding carboxylic acids is 3. The molecule has 0 bridgehead atoms. The summed E-state index contributed by atoms with van der Waals surface area (Å²) in [5.41, 5.74) is 1.11. The van der Waals surface area contributed by atoms with Crippen LogP contribution in [-0.4, -0.2) is 60.7 Å². The first-order valence-electron chi connectivity index (χ1n) is 9.62. The third-order valence-corrected chi connectivity index (χ3v) is 4.43. The summed E-state index contributed by atoms with van der Waals surface area (Å²) in [6.07, 6.45) is 1.50. The molecule has 1 aromatic carbocycles. The van der Waals surface area contributed by atoms with Crippen LogP contribution in [0.1, 0.15) is 38.2 Å². The van der Waals surface area contributed by atoms with Crippen LogP contribution in [0.2, 0.25) is 0 Å². The predicted molar refractivity (Wildman–Crippen MR) is 103 cm³/mol. The Balaban J connectivity index is 1.77. The molecule has 2 rings (SSSR count). The predicted octanol–water partition coefficient (Wildman–Crippen LogP) is 1.86. The number of nitrogens with zero attached hydrogens (tertiary/aromatic N) is 1. The summed E-state index contributed by atoms with van der Waals surface area (Å²) in [6.45, 7) is 4.38. The van der Waals surface area contributed by atoms with E-state index in [-0.39, 0.29) is 36.4 Å². The SMILES string of the molecule is CCOC(=O)CCc1cc(NC(=O)CCCC(=O)N2CCOCC2)ccc1O. The molecule has 8 heteroatoms. The van der Waals surface area contributed by atoms with Gasteiger partial charge < -0.3 is 24.8 Å². The molecule has 0 saturated carbocycles. The summed E-state index contributed by atoms with van der Waals surface area (Å²) in [6, 6.07) is 4.73. The minimum absolute atomic E-state index is 0.0435. The van der Waals surface area contributed by atoms with Gasteiger partial charge in [-0.3, -0.25) is 14.4 Å². The van der Waals surface area contributed by atoms with Gasteiger partial charge in [0.15, 0.2) is 0 Å². The number of aromatic hydroxyl groups is 1. The zero-order valence-electron chi connectivity index (χ0n) is 16.2. The van der Waals surface area contributed by atoms with E-state index in [1.165, 1.54) is 6.07 Å². The van der Waals surface area contributed by atoms with E-state index < -0.39 is 0 Å². The average Bonchev–Trinajstić information content (AvgIpc) is 2.69. The third kappa shape index (κ3) is 7.19. The molecule has 0 radical (unpaired) electrons. The number of aryl methyl sites for hydroxylation is 1. The molecule has 0 unspecified atom stereocenters. The summed E-state index contributed by atoms with van der Waals surface area (Å²) < 4.78 is 10.1. The van der Waals surface area contributed by atoms with Crippen LogP contribution in [0.3, 0.4) is 0 Å². The number of esters is 1. The van der Waals surface area contributed by atoms with E-state index in [1.54, 1.807) is 24.0 Å². The number of phenols is 1. The van der Waals surface area contributed by atoms with Crippen LogP contribution in [0, 0.1) is 0 Å². The summed E-state index contributed by atoms with van der Waals surface area (Å²) in [7, 11) is 0. The molecule has 1 fully saturated rings. The molecule has 1 heterocycles. The quantitative estimate of drug-likeness (QED) is 0.491. The molecule has 1 aliphatic heterocycles. The Morgan fingerprint density at radius 3 is 2.64 bits per heavy atom. The topological polar surface area (TPSA) is 105 Å². The molecule has 1 aromatic rings. The lowest BCUT2D eigenvalue weighted by Gasteiger charge is -2.26. The Bertz CT molecular complexity index is 685. The first kappa shape index (κ1) is 21.7. The number of hydrogen-bond acceptors (Lipinski definition) is 6. The Hall–Kier alpha value is -2.61. The minimum atomic E-state index is -0.332. The van der Waals surface area contributed by atoms with Crippen molar-refractivity contribution in [1.29, 1.82) is 0 Å². The van der Waals surface area contributed by atoms with Crippen molar-refractivity contribution >= 4 is 23.5 Å². The Morgan fingerprint density at radius 2 is 1.93 bits per heavy atom. The Labute approximate surface area is 164 Å². The summed E-state index contributed by atoms with van der Waals surface area (Å²) >= 11 is 0. The maximum atomic E-state index is 12.1. The first-order valence-corrected chi connectivity index (χ1v) is 9.62. The zero-order chi connectivity index (χ0) is 20.4. The fraction of sp³-hybridized carbons (Fsp3) is 0.550. The van der Waals surface area contributed by atoms with Gasteiger partial charge in [-0.2, -0.15) is 0 Å². The standard InChI is InChI=1S/C20H28N2O6/c1-2-28-20(26)9-6-15-14-16(7-8-17(15)23)21-18(24)4-3-5-19(25)22-10-12-27-13-11-22/h7-8,14,23H,2-6,9-13H2,1H3,(H,21,24). The second-order valence-electron chi connectivity index (χ2n) is 6.54. The van der Waals surface area contributed by atoms with Gasteiger partial charge in [-0.1, -0.05) is 0 Å². The van der Waals surface area contributed by atoms with Crippen molar-refractivity contribution in [2.24, 2.45) is 0 Å². The number of rotatable bonds is 9. The second-order valence-corrected chi connectivity index (χ2v) is 6.54. The van der Waals surface area contributed by atoms with Gasteiger partial charge in [0.2, 0.25) is 11.8 Å². The van der Waals surface area contributed by atoms with E-state index in [9.17, 15) is 19.5 Å². The third-order valence-electron chi connectivity index (χ3n) is 4.43. The molecule has 0 atom stereocenters. The van der Waals surface area contributed by atoms with Gasteiger partial charge in [-0.05, 0) is 43.5 Å². The number of benzene rings is 1. The molecule has 2 amide bonds. The van der Waals surface area contributed by atoms with E-state index in [1.807, 2.05) is 0 Å². The summed E-state index contributed by atoms with van der Waals surface area (Å²) in [4.78, 5) is 37.4. The molecule has 0 spiro atoms. The van der Waals surface area contributed by atoms with Crippen molar-refractivity contribution in [3.63, 3.8) is 0 Å². The van der Waals surface area contributed by atoms with Crippen molar-refractivity contribution in [2.45, 2.75) is 39.0 Å². The fourth-order valence-corrected chi connectivity index (χ4v) is 2.93. The smallest absolute Gasteiger partial charge is 0.306 e. The number of amides is 2. The number of hydrogen-bond donors (Lipinski definition) is 2. The zero-order valence-corrected chi connectivity index (χ0v) is 16.2. The van der Waals surface area contributed by atoms with E-state index >= 15 is 0 Å². The van der Waals surface area contributed by atoms with Crippen LogP contribution < -0.4 is 5.32 Å². The summed E-state index contributed by atoms with van der Waals surface area (Å²) in [5.74, 6) is -0.418. The Morgan fingerprint density at radius 1 is 1.18 bits per heavy atom. The van der Waals surface area contributed by atoms with Gasteiger partial charge >= 0.3 is 5.97 Å². The molecule has 2 N–H and O–H groups in total. The lowest BCUT2D eigenvalue weighted by Crippen LogP contribution is -2.40. The average molecular weight is 392 g/mol. The van der Waals surface area contributed by atoms with Gasteiger partial charge in [0, 0.05) is 38.0 Å². The highest BCUT2D eigenvalue weighted by atomic mass is 16.5. The van der Waals surface area contributed by atoms with Crippen molar-refractivity contribution < 1.29 is 29.0 Å². The molecule has 8 nitrogen and oxygen atoms in total. The number of carbonyl (C=O) groups is 3. The fourth-order valence-electron chi connectivity index (χ4n) is 2.93. The van der Waals surface area contributed by atoms with Crippen molar-refractivity contribution in [3.05, 3.63) is 23.8 Å². The van der Waals surface area contributed by atoms with Gasteiger partial charge in [0.25, 0.3) is 0 Å². The highest BCUT2D eigenvalue weighted by Gasteiger charge is 2.16. The van der Waals surface area contributed by atoms with Crippen LogP contribution in [-0.2, 0) is 30.3 Å². The molecule has 28 heavy (non-hydrogen) atoms. The molecule has 0 aliphatic carbocycles. The van der Waals surface area contributed by atoms with Crippen LogP contribution in [0.25, 0.3) is 0 Å². The van der Waals surface area contributed by atoms with Crippen LogP contribution in [0.5, 0.6) is 5.75 Å². The summed E-state index contributed by atoms with van der Waals surface area (Å²) in [5, 5.41) is 12.7. The van der Waals surface area contributed by atoms with Crippen molar-refractivity contribution in [3.8, 4) is 5.75 Å². The molecule has 1 aliphatic rings. The van der Waals surface area contributed by atoms with Gasteiger partial charge in [-0.15, -0.1) is 0 Å². The number of phenolic OH excluding ortho intramolecular Hbond substituents is 1. The lowest BCUT2D eigenvalue weighted by molar-refractivity contribution is -0.143. The van der Waals surface area contributed by atoms with Crippen LogP contribution >= 0.6 is 0 Å². The van der Waals surface area contributed by atoms with Crippen LogP contribution in [0.15, 0.2) is 18.2 Å². The number of nitrogens with one attached hydrogen (secondary N) is 1. The first-order chi connectivity index (χ1) is 13.5. The van der Waals surface area contributed by atoms with Gasteiger partial charge in [0.1, 0.15) is 5.75 Å².